The first-order valence-electron chi connectivity index (χ1n) is 9.10. The lowest BCUT2D eigenvalue weighted by Gasteiger charge is -2.12. The highest BCUT2D eigenvalue weighted by molar-refractivity contribution is 5.68. The number of hydrogen-bond acceptors (Lipinski definition) is 4. The van der Waals surface area contributed by atoms with Crippen molar-refractivity contribution in [2.45, 2.75) is 31.8 Å². The second-order valence-corrected chi connectivity index (χ2v) is 6.66. The lowest BCUT2D eigenvalue weighted by molar-refractivity contribution is -0.138. The highest BCUT2D eigenvalue weighted by Gasteiger charge is 2.32. The molecule has 5 nitrogen and oxygen atoms in total. The largest absolute Gasteiger partial charge is 0.496 e. The fourth-order valence-electron chi connectivity index (χ4n) is 2.75. The third-order valence-corrected chi connectivity index (χ3v) is 4.36. The zero-order valence-electron chi connectivity index (χ0n) is 16.4. The van der Waals surface area contributed by atoms with E-state index in [0.29, 0.717) is 23.5 Å². The predicted molar refractivity (Wildman–Crippen MR) is 98.5 cm³/mol. The molecule has 0 saturated carbocycles. The van der Waals surface area contributed by atoms with Crippen molar-refractivity contribution < 1.29 is 40.2 Å². The minimum absolute atomic E-state index is 0.156. The zero-order valence-corrected chi connectivity index (χ0v) is 16.4. The van der Waals surface area contributed by atoms with E-state index in [4.69, 9.17) is 9.47 Å². The van der Waals surface area contributed by atoms with E-state index < -0.39 is 36.8 Å². The second-order valence-electron chi connectivity index (χ2n) is 6.66. The Morgan fingerprint density at radius 3 is 2.38 bits per heavy atom. The van der Waals surface area contributed by atoms with Gasteiger partial charge in [-0.15, -0.1) is 0 Å². The molecule has 12 heteroatoms. The van der Waals surface area contributed by atoms with Crippen LogP contribution in [0.3, 0.4) is 0 Å². The number of halogens is 7. The molecule has 0 fully saturated rings. The highest BCUT2D eigenvalue weighted by Crippen LogP contribution is 2.33. The summed E-state index contributed by atoms with van der Waals surface area (Å²) in [6, 6.07) is 4.80. The Morgan fingerprint density at radius 1 is 1.00 bits per heavy atom. The normalized spacial score (nSPS) is 12.1. The van der Waals surface area contributed by atoms with Crippen molar-refractivity contribution in [3.8, 4) is 22.8 Å². The van der Waals surface area contributed by atoms with Crippen molar-refractivity contribution in [1.82, 2.24) is 15.0 Å². The van der Waals surface area contributed by atoms with Gasteiger partial charge in [-0.2, -0.15) is 26.3 Å². The maximum Gasteiger partial charge on any atom is 0.417 e. The van der Waals surface area contributed by atoms with Gasteiger partial charge < -0.3 is 14.5 Å². The van der Waals surface area contributed by atoms with Crippen LogP contribution < -0.4 is 9.47 Å². The van der Waals surface area contributed by atoms with Gasteiger partial charge in [0.05, 0.1) is 31.0 Å². The molecule has 3 rings (SSSR count). The molecule has 0 spiro atoms. The number of aromatic amines is 1. The molecule has 172 valence electrons. The number of aromatic nitrogens is 3. The van der Waals surface area contributed by atoms with Gasteiger partial charge in [-0.1, -0.05) is 0 Å². The number of pyridine rings is 1. The van der Waals surface area contributed by atoms with Crippen LogP contribution in [0.1, 0.15) is 23.5 Å². The summed E-state index contributed by atoms with van der Waals surface area (Å²) < 4.78 is 99.5. The van der Waals surface area contributed by atoms with Crippen LogP contribution in [-0.4, -0.2) is 28.2 Å². The predicted octanol–water partition coefficient (Wildman–Crippen LogP) is 5.71. The molecule has 32 heavy (non-hydrogen) atoms. The number of imidazole rings is 1. The second kappa shape index (κ2) is 9.05. The Morgan fingerprint density at radius 2 is 1.75 bits per heavy atom. The summed E-state index contributed by atoms with van der Waals surface area (Å²) in [6.45, 7) is -0.432. The van der Waals surface area contributed by atoms with E-state index in [1.165, 1.54) is 25.4 Å². The van der Waals surface area contributed by atoms with Gasteiger partial charge in [0.25, 0.3) is 0 Å². The number of nitrogens with one attached hydrogen (secondary N) is 1. The van der Waals surface area contributed by atoms with Crippen LogP contribution in [0.2, 0.25) is 0 Å². The Bertz CT molecular complexity index is 1080. The van der Waals surface area contributed by atoms with Crippen LogP contribution in [0.15, 0.2) is 36.7 Å². The molecular formula is C20H16F7N3O2. The molecule has 1 aromatic carbocycles. The molecule has 0 aliphatic rings. The van der Waals surface area contributed by atoms with Gasteiger partial charge in [0.2, 0.25) is 0 Å². The van der Waals surface area contributed by atoms with E-state index in [2.05, 4.69) is 15.0 Å². The van der Waals surface area contributed by atoms with Crippen LogP contribution >= 0.6 is 0 Å². The molecule has 0 saturated heterocycles. The minimum atomic E-state index is -4.71. The van der Waals surface area contributed by atoms with Crippen molar-refractivity contribution in [3.63, 3.8) is 0 Å². The summed E-state index contributed by atoms with van der Waals surface area (Å²) in [5.41, 5.74) is -0.617. The topological polar surface area (TPSA) is 60.0 Å². The summed E-state index contributed by atoms with van der Waals surface area (Å²) in [6.07, 6.45) is -8.45. The molecule has 0 aliphatic carbocycles. The van der Waals surface area contributed by atoms with Gasteiger partial charge in [0.15, 0.2) is 0 Å². The van der Waals surface area contributed by atoms with E-state index in [9.17, 15) is 30.7 Å². The van der Waals surface area contributed by atoms with Gasteiger partial charge in [-0.3, -0.25) is 4.98 Å². The van der Waals surface area contributed by atoms with Crippen LogP contribution in [0, 0.1) is 5.82 Å². The van der Waals surface area contributed by atoms with Gasteiger partial charge >= 0.3 is 12.4 Å². The first kappa shape index (κ1) is 23.4. The minimum Gasteiger partial charge on any atom is -0.496 e. The van der Waals surface area contributed by atoms with Gasteiger partial charge in [0, 0.05) is 24.2 Å². The fourth-order valence-corrected chi connectivity index (χ4v) is 2.75. The van der Waals surface area contributed by atoms with Crippen molar-refractivity contribution in [2.75, 3.05) is 7.11 Å². The third-order valence-electron chi connectivity index (χ3n) is 4.36. The highest BCUT2D eigenvalue weighted by atomic mass is 19.4. The Kier molecular flexibility index (Phi) is 6.60. The fraction of sp³-hybridized carbons (Fsp3) is 0.300. The number of methoxy groups -OCH3 is 1. The van der Waals surface area contributed by atoms with Crippen LogP contribution in [0.5, 0.6) is 11.5 Å². The number of alkyl halides is 6. The number of aryl methyl sites for hydroxylation is 1. The average molecular weight is 463 g/mol. The maximum absolute atomic E-state index is 13.9. The molecule has 0 radical (unpaired) electrons. The van der Waals surface area contributed by atoms with E-state index >= 15 is 0 Å². The first-order chi connectivity index (χ1) is 15.0. The molecule has 0 atom stereocenters. The molecule has 0 bridgehead atoms. The molecule has 0 aliphatic heterocycles. The Hall–Kier alpha value is -3.31. The molecule has 1 N–H and O–H groups in total. The van der Waals surface area contributed by atoms with Crippen LogP contribution in [0.25, 0.3) is 11.3 Å². The lowest BCUT2D eigenvalue weighted by Crippen LogP contribution is -2.09. The van der Waals surface area contributed by atoms with Crippen molar-refractivity contribution in [1.29, 1.82) is 0 Å². The maximum atomic E-state index is 13.9. The number of ether oxygens (including phenoxy) is 2. The van der Waals surface area contributed by atoms with Crippen molar-refractivity contribution in [2.24, 2.45) is 0 Å². The molecule has 0 amide bonds. The van der Waals surface area contributed by atoms with E-state index in [1.54, 1.807) is 6.07 Å². The van der Waals surface area contributed by atoms with Gasteiger partial charge in [-0.25, -0.2) is 9.37 Å². The zero-order chi connectivity index (χ0) is 23.5. The summed E-state index contributed by atoms with van der Waals surface area (Å²) in [5.74, 6) is -0.506. The Balaban J connectivity index is 1.72. The SMILES string of the molecule is COc1cc(OCc2ncc(C(F)(F)F)cc2F)ccc1-c1cnc(CCC(F)(F)F)[nH]1. The summed E-state index contributed by atoms with van der Waals surface area (Å²) >= 11 is 0. The number of rotatable bonds is 7. The molecule has 0 unspecified atom stereocenters. The summed E-state index contributed by atoms with van der Waals surface area (Å²) in [4.78, 5) is 10.2. The lowest BCUT2D eigenvalue weighted by atomic mass is 10.1. The smallest absolute Gasteiger partial charge is 0.417 e. The first-order valence-corrected chi connectivity index (χ1v) is 9.10. The number of hydrogen-bond donors (Lipinski definition) is 1. The van der Waals surface area contributed by atoms with Crippen molar-refractivity contribution in [3.05, 3.63) is 59.6 Å². The number of nitrogens with zero attached hydrogens (tertiary/aromatic N) is 2. The number of H-pyrrole nitrogens is 1. The van der Waals surface area contributed by atoms with Crippen LogP contribution in [-0.2, 0) is 19.2 Å². The van der Waals surface area contributed by atoms with E-state index in [1.807, 2.05) is 0 Å². The molecule has 3 aromatic rings. The van der Waals surface area contributed by atoms with E-state index in [0.717, 1.165) is 0 Å². The quantitative estimate of drug-likeness (QED) is 0.456. The summed E-state index contributed by atoms with van der Waals surface area (Å²) in [7, 11) is 1.36. The molecule has 2 aromatic heterocycles. The average Bonchev–Trinajstić information content (AvgIpc) is 3.19. The third kappa shape index (κ3) is 5.89. The molecule has 2 heterocycles. The van der Waals surface area contributed by atoms with Gasteiger partial charge in [-0.05, 0) is 18.2 Å². The Labute approximate surface area is 177 Å². The van der Waals surface area contributed by atoms with Crippen LogP contribution in [0.4, 0.5) is 30.7 Å². The van der Waals surface area contributed by atoms with E-state index in [-0.39, 0.29) is 29.4 Å². The monoisotopic (exact) mass is 463 g/mol. The molecular weight excluding hydrogens is 447 g/mol. The van der Waals surface area contributed by atoms with Gasteiger partial charge in [0.1, 0.15) is 35.4 Å². The standard InChI is InChI=1S/C20H16F7N3O2/c1-31-17-7-12(32-10-16-14(21)6-11(8-28-16)20(25,26)27)2-3-13(17)15-9-29-18(30-15)4-5-19(22,23)24/h2-3,6-9H,4-5,10H2,1H3,(H,29,30). The van der Waals surface area contributed by atoms with Crippen molar-refractivity contribution >= 4 is 0 Å². The number of benzene rings is 1. The summed E-state index contributed by atoms with van der Waals surface area (Å²) in [5, 5.41) is 0.